The largest absolute Gasteiger partial charge is 0.298 e. The lowest BCUT2D eigenvalue weighted by Crippen LogP contribution is -2.25. The molecule has 2 aromatic carbocycles. The number of carbonyl (C=O) groups is 1. The molecular weight excluding hydrogens is 587 g/mol. The highest BCUT2D eigenvalue weighted by atomic mass is 79.9. The van der Waals surface area contributed by atoms with Crippen molar-refractivity contribution >= 4 is 60.8 Å². The Kier molecular flexibility index (Phi) is 7.29. The summed E-state index contributed by atoms with van der Waals surface area (Å²) < 4.78 is 3.01. The third kappa shape index (κ3) is 4.61. The normalized spacial score (nSPS) is 13.1. The average molecular weight is 601 g/mol. The summed E-state index contributed by atoms with van der Waals surface area (Å²) in [7, 11) is 0. The first-order valence-electron chi connectivity index (χ1n) is 9.24. The summed E-state index contributed by atoms with van der Waals surface area (Å²) in [6, 6.07) is 10.5. The molecular formula is C19H14Br2Cl2N8O. The van der Waals surface area contributed by atoms with E-state index in [4.69, 9.17) is 23.2 Å². The summed E-state index contributed by atoms with van der Waals surface area (Å²) >= 11 is 19.6. The Balaban J connectivity index is 1.80. The average Bonchev–Trinajstić information content (AvgIpc) is 3.50. The molecule has 4 aromatic rings. The van der Waals surface area contributed by atoms with Crippen LogP contribution in [-0.4, -0.2) is 56.9 Å². The molecule has 0 aliphatic rings. The van der Waals surface area contributed by atoms with Gasteiger partial charge in [-0.05, 0) is 68.4 Å². The number of aromatic nitrogens is 8. The van der Waals surface area contributed by atoms with E-state index in [0.29, 0.717) is 43.2 Å². The second kappa shape index (κ2) is 10.2. The smallest absolute Gasteiger partial charge is 0.149 e. The van der Waals surface area contributed by atoms with E-state index in [1.807, 2.05) is 0 Å². The number of carbonyl (C=O) groups excluding carboxylic acids is 1. The highest BCUT2D eigenvalue weighted by molar-refractivity contribution is 9.09. The standard InChI is InChI=1S/C19H14Br2Cl2N8O/c20-7-15(13-5-11(22)1-3-17(13)30-9-24-26-28-30)19(32)16(8-21)14-6-12(23)2-4-18(14)31-10-25-27-29-31/h1-6,9-10,15-16H,7-8H2. The molecule has 9 nitrogen and oxygen atoms in total. The number of alkyl halides is 2. The van der Waals surface area contributed by atoms with Crippen LogP contribution in [0.4, 0.5) is 0 Å². The summed E-state index contributed by atoms with van der Waals surface area (Å²) in [5.41, 5.74) is 2.72. The van der Waals surface area contributed by atoms with Crippen LogP contribution in [-0.2, 0) is 4.79 Å². The van der Waals surface area contributed by atoms with E-state index in [1.165, 1.54) is 22.0 Å². The highest BCUT2D eigenvalue weighted by Crippen LogP contribution is 2.36. The molecule has 2 atom stereocenters. The van der Waals surface area contributed by atoms with Crippen molar-refractivity contribution in [2.24, 2.45) is 0 Å². The van der Waals surface area contributed by atoms with Gasteiger partial charge in [-0.15, -0.1) is 10.2 Å². The predicted octanol–water partition coefficient (Wildman–Crippen LogP) is 4.17. The van der Waals surface area contributed by atoms with Gasteiger partial charge in [0.05, 0.1) is 23.2 Å². The van der Waals surface area contributed by atoms with E-state index in [-0.39, 0.29) is 5.78 Å². The minimum atomic E-state index is -0.545. The van der Waals surface area contributed by atoms with Crippen molar-refractivity contribution in [2.75, 3.05) is 10.7 Å². The summed E-state index contributed by atoms with van der Waals surface area (Å²) in [4.78, 5) is 13.9. The Labute approximate surface area is 209 Å². The summed E-state index contributed by atoms with van der Waals surface area (Å²) in [6.07, 6.45) is 2.94. The molecule has 0 saturated heterocycles. The number of nitrogens with zero attached hydrogens (tertiary/aromatic N) is 8. The van der Waals surface area contributed by atoms with Crippen molar-refractivity contribution in [2.45, 2.75) is 11.8 Å². The van der Waals surface area contributed by atoms with Gasteiger partial charge in [-0.2, -0.15) is 0 Å². The molecule has 0 fully saturated rings. The molecule has 0 spiro atoms. The van der Waals surface area contributed by atoms with Crippen molar-refractivity contribution in [1.29, 1.82) is 0 Å². The maximum absolute atomic E-state index is 13.9. The van der Waals surface area contributed by atoms with E-state index >= 15 is 0 Å². The summed E-state index contributed by atoms with van der Waals surface area (Å²) in [5.74, 6) is -1.14. The zero-order valence-corrected chi connectivity index (χ0v) is 20.9. The lowest BCUT2D eigenvalue weighted by Gasteiger charge is -2.24. The Morgan fingerprint density at radius 3 is 1.59 bits per heavy atom. The van der Waals surface area contributed by atoms with E-state index in [1.54, 1.807) is 36.4 Å². The van der Waals surface area contributed by atoms with Crippen LogP contribution in [0.2, 0.25) is 10.0 Å². The van der Waals surface area contributed by atoms with Gasteiger partial charge in [0.1, 0.15) is 18.4 Å². The van der Waals surface area contributed by atoms with Crippen molar-refractivity contribution in [3.8, 4) is 11.4 Å². The van der Waals surface area contributed by atoms with Crippen LogP contribution in [0.5, 0.6) is 0 Å². The van der Waals surface area contributed by atoms with Gasteiger partial charge in [0.15, 0.2) is 0 Å². The number of Topliss-reactive ketones (excluding diaryl/α,β-unsaturated/α-hetero) is 1. The zero-order chi connectivity index (χ0) is 22.7. The zero-order valence-electron chi connectivity index (χ0n) is 16.2. The van der Waals surface area contributed by atoms with Crippen molar-refractivity contribution in [3.63, 3.8) is 0 Å². The SMILES string of the molecule is O=C(C(CBr)c1cc(Cl)ccc1-n1cnnn1)C(CBr)c1cc(Cl)ccc1-n1cnnn1. The Bertz CT molecular complexity index is 1130. The van der Waals surface area contributed by atoms with Gasteiger partial charge in [-0.3, -0.25) is 4.79 Å². The van der Waals surface area contributed by atoms with Crippen molar-refractivity contribution in [1.82, 2.24) is 40.4 Å². The van der Waals surface area contributed by atoms with Gasteiger partial charge in [0.2, 0.25) is 0 Å². The van der Waals surface area contributed by atoms with Crippen LogP contribution >= 0.6 is 55.1 Å². The lowest BCUT2D eigenvalue weighted by molar-refractivity contribution is -0.121. The van der Waals surface area contributed by atoms with Crippen LogP contribution in [0.1, 0.15) is 23.0 Å². The number of tetrazole rings is 2. The molecule has 0 radical (unpaired) electrons. The molecule has 13 heteroatoms. The molecule has 0 amide bonds. The first-order valence-corrected chi connectivity index (χ1v) is 12.2. The van der Waals surface area contributed by atoms with Gasteiger partial charge in [0.25, 0.3) is 0 Å². The molecule has 0 saturated carbocycles. The molecule has 0 aliphatic carbocycles. The molecule has 2 unspecified atom stereocenters. The number of hydrogen-bond donors (Lipinski definition) is 0. The first kappa shape index (κ1) is 23.0. The van der Waals surface area contributed by atoms with E-state index in [9.17, 15) is 4.79 Å². The summed E-state index contributed by atoms with van der Waals surface area (Å²) in [6.45, 7) is 0. The number of hydrogen-bond acceptors (Lipinski definition) is 7. The number of benzene rings is 2. The van der Waals surface area contributed by atoms with Crippen LogP contribution in [0.3, 0.4) is 0 Å². The highest BCUT2D eigenvalue weighted by Gasteiger charge is 2.32. The van der Waals surface area contributed by atoms with E-state index in [0.717, 1.165) is 0 Å². The number of rotatable bonds is 8. The van der Waals surface area contributed by atoms with Crippen LogP contribution < -0.4 is 0 Å². The molecule has 164 valence electrons. The Hall–Kier alpha value is -2.21. The van der Waals surface area contributed by atoms with Gasteiger partial charge in [0, 0.05) is 20.7 Å². The summed E-state index contributed by atoms with van der Waals surface area (Å²) in [5, 5.41) is 24.5. The number of ketones is 1. The molecule has 2 heterocycles. The maximum Gasteiger partial charge on any atom is 0.149 e. The fourth-order valence-electron chi connectivity index (χ4n) is 3.44. The maximum atomic E-state index is 13.9. The van der Waals surface area contributed by atoms with Crippen LogP contribution in [0.25, 0.3) is 11.4 Å². The second-order valence-corrected chi connectivity index (χ2v) is 8.90. The molecule has 4 rings (SSSR count). The molecule has 0 bridgehead atoms. The third-order valence-corrected chi connectivity index (χ3v) is 6.68. The minimum Gasteiger partial charge on any atom is -0.298 e. The van der Waals surface area contributed by atoms with Crippen molar-refractivity contribution < 1.29 is 4.79 Å². The fourth-order valence-corrected chi connectivity index (χ4v) is 5.13. The number of halogens is 4. The minimum absolute atomic E-state index is 0.0491. The monoisotopic (exact) mass is 598 g/mol. The van der Waals surface area contributed by atoms with Gasteiger partial charge < -0.3 is 0 Å². The van der Waals surface area contributed by atoms with Gasteiger partial charge >= 0.3 is 0 Å². The predicted molar refractivity (Wildman–Crippen MR) is 126 cm³/mol. The third-order valence-electron chi connectivity index (χ3n) is 4.92. The second-order valence-electron chi connectivity index (χ2n) is 6.73. The Morgan fingerprint density at radius 2 is 1.25 bits per heavy atom. The van der Waals surface area contributed by atoms with Crippen LogP contribution in [0.15, 0.2) is 49.1 Å². The van der Waals surface area contributed by atoms with Gasteiger partial charge in [-0.1, -0.05) is 55.1 Å². The fraction of sp³-hybridized carbons (Fsp3) is 0.211. The van der Waals surface area contributed by atoms with Crippen molar-refractivity contribution in [3.05, 3.63) is 70.2 Å². The lowest BCUT2D eigenvalue weighted by atomic mass is 9.84. The van der Waals surface area contributed by atoms with E-state index in [2.05, 4.69) is 62.9 Å². The molecule has 0 N–H and O–H groups in total. The van der Waals surface area contributed by atoms with E-state index < -0.39 is 11.8 Å². The molecule has 32 heavy (non-hydrogen) atoms. The molecule has 2 aromatic heterocycles. The van der Waals surface area contributed by atoms with Crippen LogP contribution in [0, 0.1) is 0 Å². The van der Waals surface area contributed by atoms with Gasteiger partial charge in [-0.25, -0.2) is 9.36 Å². The topological polar surface area (TPSA) is 104 Å². The quantitative estimate of drug-likeness (QED) is 0.280. The first-order chi connectivity index (χ1) is 15.5. The molecule has 0 aliphatic heterocycles. The Morgan fingerprint density at radius 1 is 0.812 bits per heavy atom.